The van der Waals surface area contributed by atoms with Gasteiger partial charge >= 0.3 is 5.97 Å². The van der Waals surface area contributed by atoms with Crippen LogP contribution in [0.5, 0.6) is 11.5 Å². The quantitative estimate of drug-likeness (QED) is 0.553. The SMILES string of the molecule is CCC(CCCCC(=O)O)N1N=C(c2ccc(OC)c(OC)c2)C2CCCCC2C1=O. The zero-order valence-electron chi connectivity index (χ0n) is 18.8. The summed E-state index contributed by atoms with van der Waals surface area (Å²) in [7, 11) is 3.23. The number of aliphatic carboxylic acids is 1. The van der Waals surface area contributed by atoms with Crippen LogP contribution in [-0.2, 0) is 9.59 Å². The van der Waals surface area contributed by atoms with Crippen molar-refractivity contribution in [1.82, 2.24) is 5.01 Å². The number of hydrogen-bond donors (Lipinski definition) is 1. The summed E-state index contributed by atoms with van der Waals surface area (Å²) in [6.45, 7) is 2.06. The number of rotatable bonds is 10. The van der Waals surface area contributed by atoms with Crippen LogP contribution in [0, 0.1) is 11.8 Å². The van der Waals surface area contributed by atoms with E-state index in [1.165, 1.54) is 0 Å². The van der Waals surface area contributed by atoms with Crippen LogP contribution in [0.25, 0.3) is 0 Å². The first kappa shape index (κ1) is 23.1. The van der Waals surface area contributed by atoms with Crippen molar-refractivity contribution in [2.24, 2.45) is 16.9 Å². The Bertz CT molecular complexity index is 822. The molecular formula is C24H34N2O5. The standard InChI is InChI=1S/C24H34N2O5/c1-4-17(9-5-8-12-22(27)28)26-24(29)19-11-7-6-10-18(19)23(25-26)16-13-14-20(30-2)21(15-16)31-3/h13-15,17-19H,4-12H2,1-3H3,(H,27,28). The van der Waals surface area contributed by atoms with E-state index in [2.05, 4.69) is 6.92 Å². The van der Waals surface area contributed by atoms with Gasteiger partial charge in [0.05, 0.1) is 26.0 Å². The highest BCUT2D eigenvalue weighted by Gasteiger charge is 2.42. The van der Waals surface area contributed by atoms with Gasteiger partial charge in [0.1, 0.15) is 0 Å². The molecule has 1 fully saturated rings. The molecule has 0 aromatic heterocycles. The molecule has 1 amide bonds. The summed E-state index contributed by atoms with van der Waals surface area (Å²) >= 11 is 0. The summed E-state index contributed by atoms with van der Waals surface area (Å²) in [6.07, 6.45) is 7.12. The molecule has 0 radical (unpaired) electrons. The van der Waals surface area contributed by atoms with E-state index in [0.717, 1.165) is 56.2 Å². The maximum atomic E-state index is 13.4. The fourth-order valence-electron chi connectivity index (χ4n) is 4.85. The largest absolute Gasteiger partial charge is 0.493 e. The van der Waals surface area contributed by atoms with Crippen molar-refractivity contribution in [3.63, 3.8) is 0 Å². The molecule has 1 aromatic rings. The summed E-state index contributed by atoms with van der Waals surface area (Å²) in [5.41, 5.74) is 1.92. The average molecular weight is 431 g/mol. The number of carbonyl (C=O) groups is 2. The highest BCUT2D eigenvalue weighted by Crippen LogP contribution is 2.40. The summed E-state index contributed by atoms with van der Waals surface area (Å²) in [5, 5.41) is 15.5. The van der Waals surface area contributed by atoms with Crippen molar-refractivity contribution >= 4 is 17.6 Å². The molecule has 1 N–H and O–H groups in total. The summed E-state index contributed by atoms with van der Waals surface area (Å²) < 4.78 is 10.9. The van der Waals surface area contributed by atoms with Crippen LogP contribution < -0.4 is 9.47 Å². The predicted octanol–water partition coefficient (Wildman–Crippen LogP) is 4.48. The van der Waals surface area contributed by atoms with E-state index < -0.39 is 5.97 Å². The lowest BCUT2D eigenvalue weighted by Gasteiger charge is -2.41. The van der Waals surface area contributed by atoms with Crippen molar-refractivity contribution in [2.75, 3.05) is 14.2 Å². The Labute approximate surface area is 184 Å². The van der Waals surface area contributed by atoms with Gasteiger partial charge < -0.3 is 14.6 Å². The van der Waals surface area contributed by atoms with Crippen LogP contribution in [0.1, 0.15) is 70.3 Å². The molecule has 0 saturated heterocycles. The molecule has 31 heavy (non-hydrogen) atoms. The number of nitrogens with zero attached hydrogens (tertiary/aromatic N) is 2. The Balaban J connectivity index is 1.91. The number of carboxylic acids is 1. The van der Waals surface area contributed by atoms with Crippen molar-refractivity contribution in [3.8, 4) is 11.5 Å². The maximum absolute atomic E-state index is 13.4. The second-order valence-electron chi connectivity index (χ2n) is 8.44. The van der Waals surface area contributed by atoms with Crippen molar-refractivity contribution in [1.29, 1.82) is 0 Å². The molecule has 1 aliphatic heterocycles. The molecule has 3 rings (SSSR count). The van der Waals surface area contributed by atoms with Crippen LogP contribution in [0.3, 0.4) is 0 Å². The minimum Gasteiger partial charge on any atom is -0.493 e. The number of amides is 1. The zero-order chi connectivity index (χ0) is 22.4. The number of unbranched alkanes of at least 4 members (excludes halogenated alkanes) is 1. The molecule has 3 unspecified atom stereocenters. The molecule has 1 aliphatic carbocycles. The molecule has 0 bridgehead atoms. The van der Waals surface area contributed by atoms with E-state index >= 15 is 0 Å². The van der Waals surface area contributed by atoms with Crippen LogP contribution >= 0.6 is 0 Å². The second-order valence-corrected chi connectivity index (χ2v) is 8.44. The normalized spacial score (nSPS) is 21.8. The third-order valence-corrected chi connectivity index (χ3v) is 6.55. The second kappa shape index (κ2) is 10.6. The number of hydrogen-bond acceptors (Lipinski definition) is 5. The van der Waals surface area contributed by atoms with Gasteiger partial charge in [0.15, 0.2) is 11.5 Å². The first-order valence-electron chi connectivity index (χ1n) is 11.4. The molecule has 7 heteroatoms. The lowest BCUT2D eigenvalue weighted by Crippen LogP contribution is -2.49. The van der Waals surface area contributed by atoms with Gasteiger partial charge in [-0.2, -0.15) is 5.10 Å². The Hall–Kier alpha value is -2.57. The summed E-state index contributed by atoms with van der Waals surface area (Å²) in [6, 6.07) is 5.82. The topological polar surface area (TPSA) is 88.4 Å². The molecule has 2 aliphatic rings. The van der Waals surface area contributed by atoms with Gasteiger partial charge in [-0.3, -0.25) is 9.59 Å². The molecular weight excluding hydrogens is 396 g/mol. The van der Waals surface area contributed by atoms with Gasteiger partial charge in [-0.15, -0.1) is 0 Å². The van der Waals surface area contributed by atoms with E-state index in [1.54, 1.807) is 19.2 Å². The van der Waals surface area contributed by atoms with Gasteiger partial charge in [0, 0.05) is 23.8 Å². The summed E-state index contributed by atoms with van der Waals surface area (Å²) in [5.74, 6) is 0.752. The number of fused-ring (bicyclic) bond motifs is 1. The Morgan fingerprint density at radius 1 is 1.16 bits per heavy atom. The minimum atomic E-state index is -0.777. The van der Waals surface area contributed by atoms with E-state index in [4.69, 9.17) is 19.7 Å². The monoisotopic (exact) mass is 430 g/mol. The number of benzene rings is 1. The van der Waals surface area contributed by atoms with Gasteiger partial charge in [0.25, 0.3) is 0 Å². The highest BCUT2D eigenvalue weighted by atomic mass is 16.5. The number of methoxy groups -OCH3 is 2. The van der Waals surface area contributed by atoms with Crippen molar-refractivity contribution in [3.05, 3.63) is 23.8 Å². The Morgan fingerprint density at radius 3 is 2.52 bits per heavy atom. The molecule has 170 valence electrons. The number of ether oxygens (including phenoxy) is 2. The average Bonchev–Trinajstić information content (AvgIpc) is 2.79. The van der Waals surface area contributed by atoms with Crippen LogP contribution in [0.15, 0.2) is 23.3 Å². The molecule has 7 nitrogen and oxygen atoms in total. The van der Waals surface area contributed by atoms with E-state index in [1.807, 2.05) is 18.2 Å². The Morgan fingerprint density at radius 2 is 1.87 bits per heavy atom. The van der Waals surface area contributed by atoms with Crippen LogP contribution in [-0.4, -0.2) is 48.0 Å². The van der Waals surface area contributed by atoms with Gasteiger partial charge in [0.2, 0.25) is 5.91 Å². The highest BCUT2D eigenvalue weighted by molar-refractivity contribution is 6.07. The molecule has 1 aromatic carbocycles. The van der Waals surface area contributed by atoms with Crippen LogP contribution in [0.2, 0.25) is 0 Å². The molecule has 1 heterocycles. The number of carboxylic acid groups (broad SMARTS) is 1. The maximum Gasteiger partial charge on any atom is 0.303 e. The smallest absolute Gasteiger partial charge is 0.303 e. The third-order valence-electron chi connectivity index (χ3n) is 6.55. The van der Waals surface area contributed by atoms with Crippen LogP contribution in [0.4, 0.5) is 0 Å². The first-order chi connectivity index (χ1) is 15.0. The molecule has 0 spiro atoms. The van der Waals surface area contributed by atoms with Gasteiger partial charge in [-0.1, -0.05) is 26.2 Å². The van der Waals surface area contributed by atoms with Crippen molar-refractivity contribution < 1.29 is 24.2 Å². The van der Waals surface area contributed by atoms with Crippen molar-refractivity contribution in [2.45, 2.75) is 70.8 Å². The lowest BCUT2D eigenvalue weighted by atomic mass is 9.73. The first-order valence-corrected chi connectivity index (χ1v) is 11.4. The number of carbonyl (C=O) groups excluding carboxylic acids is 1. The van der Waals surface area contributed by atoms with Gasteiger partial charge in [-0.05, 0) is 50.3 Å². The van der Waals surface area contributed by atoms with E-state index in [9.17, 15) is 9.59 Å². The molecule has 1 saturated carbocycles. The summed E-state index contributed by atoms with van der Waals surface area (Å²) in [4.78, 5) is 24.2. The fourth-order valence-corrected chi connectivity index (χ4v) is 4.85. The molecule has 3 atom stereocenters. The fraction of sp³-hybridized carbons (Fsp3) is 0.625. The minimum absolute atomic E-state index is 0.0145. The number of hydrazone groups is 1. The third kappa shape index (κ3) is 5.20. The lowest BCUT2D eigenvalue weighted by molar-refractivity contribution is -0.142. The zero-order valence-corrected chi connectivity index (χ0v) is 18.8. The van der Waals surface area contributed by atoms with E-state index in [-0.39, 0.29) is 30.2 Å². The predicted molar refractivity (Wildman–Crippen MR) is 119 cm³/mol. The Kier molecular flexibility index (Phi) is 7.93. The van der Waals surface area contributed by atoms with E-state index in [0.29, 0.717) is 17.9 Å². The van der Waals surface area contributed by atoms with Gasteiger partial charge in [-0.25, -0.2) is 5.01 Å².